The van der Waals surface area contributed by atoms with E-state index in [0.29, 0.717) is 30.3 Å². The van der Waals surface area contributed by atoms with Crippen LogP contribution in [0.15, 0.2) is 27.4 Å². The summed E-state index contributed by atoms with van der Waals surface area (Å²) >= 11 is 0. The van der Waals surface area contributed by atoms with Gasteiger partial charge in [0.1, 0.15) is 11.3 Å². The molecule has 0 fully saturated rings. The van der Waals surface area contributed by atoms with E-state index in [0.717, 1.165) is 24.6 Å². The van der Waals surface area contributed by atoms with Gasteiger partial charge in [0.25, 0.3) is 0 Å². The summed E-state index contributed by atoms with van der Waals surface area (Å²) in [5.74, 6) is 1.31. The van der Waals surface area contributed by atoms with Gasteiger partial charge in [0.2, 0.25) is 5.75 Å². The van der Waals surface area contributed by atoms with Gasteiger partial charge in [-0.15, -0.1) is 0 Å². The summed E-state index contributed by atoms with van der Waals surface area (Å²) in [6.45, 7) is 5.71. The molecule has 0 unspecified atom stereocenters. The van der Waals surface area contributed by atoms with Gasteiger partial charge in [0.05, 0.1) is 25.7 Å². The van der Waals surface area contributed by atoms with Gasteiger partial charge >= 0.3 is 5.63 Å². The number of fused-ring (bicyclic) bond motifs is 1. The largest absolute Gasteiger partial charge is 0.493 e. The lowest BCUT2D eigenvalue weighted by Gasteiger charge is -2.13. The van der Waals surface area contributed by atoms with Gasteiger partial charge in [0.15, 0.2) is 5.75 Å². The smallest absolute Gasteiger partial charge is 0.383 e. The summed E-state index contributed by atoms with van der Waals surface area (Å²) in [6.07, 6.45) is 20.0. The van der Waals surface area contributed by atoms with E-state index >= 15 is 0 Å². The van der Waals surface area contributed by atoms with Crippen molar-refractivity contribution >= 4 is 11.0 Å². The van der Waals surface area contributed by atoms with E-state index in [9.17, 15) is 4.79 Å². The second-order valence-corrected chi connectivity index (χ2v) is 9.56. The van der Waals surface area contributed by atoms with Crippen molar-refractivity contribution in [2.45, 2.75) is 117 Å². The van der Waals surface area contributed by atoms with Crippen molar-refractivity contribution < 1.29 is 18.6 Å². The van der Waals surface area contributed by atoms with Crippen LogP contribution in [0.25, 0.3) is 11.0 Å². The first-order chi connectivity index (χ1) is 17.2. The fourth-order valence-electron chi connectivity index (χ4n) is 4.38. The number of hydrogen-bond acceptors (Lipinski definition) is 5. The normalized spacial score (nSPS) is 11.2. The van der Waals surface area contributed by atoms with Gasteiger partial charge in [-0.3, -0.25) is 0 Å². The van der Waals surface area contributed by atoms with Gasteiger partial charge in [-0.05, 0) is 25.0 Å². The van der Waals surface area contributed by atoms with Crippen LogP contribution in [0.3, 0.4) is 0 Å². The summed E-state index contributed by atoms with van der Waals surface area (Å²) in [6, 6.07) is 5.59. The van der Waals surface area contributed by atoms with Gasteiger partial charge in [-0.1, -0.05) is 104 Å². The third kappa shape index (κ3) is 11.0. The van der Waals surface area contributed by atoms with Crippen LogP contribution in [0.1, 0.15) is 117 Å². The molecule has 0 aliphatic heterocycles. The van der Waals surface area contributed by atoms with Gasteiger partial charge < -0.3 is 18.6 Å². The van der Waals surface area contributed by atoms with E-state index in [1.54, 1.807) is 6.07 Å². The Bertz CT molecular complexity index is 873. The molecule has 0 radical (unpaired) electrons. The molecule has 1 heterocycles. The van der Waals surface area contributed by atoms with Crippen molar-refractivity contribution in [3.63, 3.8) is 0 Å². The van der Waals surface area contributed by atoms with Crippen molar-refractivity contribution in [2.24, 2.45) is 0 Å². The second kappa shape index (κ2) is 18.1. The van der Waals surface area contributed by atoms with Gasteiger partial charge in [-0.25, -0.2) is 4.79 Å². The first-order valence-electron chi connectivity index (χ1n) is 14.1. The zero-order valence-corrected chi connectivity index (χ0v) is 22.5. The van der Waals surface area contributed by atoms with Crippen molar-refractivity contribution in [3.8, 4) is 17.2 Å². The number of benzene rings is 1. The Morgan fingerprint density at radius 1 is 0.657 bits per heavy atom. The van der Waals surface area contributed by atoms with Crippen molar-refractivity contribution in [1.29, 1.82) is 0 Å². The molecule has 0 bridgehead atoms. The van der Waals surface area contributed by atoms with Crippen LogP contribution in [0, 0.1) is 0 Å². The number of rotatable bonds is 21. The Hall–Kier alpha value is -2.17. The van der Waals surface area contributed by atoms with E-state index < -0.39 is 5.63 Å². The third-order valence-electron chi connectivity index (χ3n) is 6.51. The van der Waals surface area contributed by atoms with Gasteiger partial charge in [0, 0.05) is 6.07 Å². The molecule has 2 rings (SSSR count). The molecule has 1 aromatic heterocycles. The Kier molecular flexibility index (Phi) is 15.1. The molecule has 2 aromatic rings. The maximum Gasteiger partial charge on any atom is 0.383 e. The molecule has 5 nitrogen and oxygen atoms in total. The molecule has 0 saturated heterocycles. The van der Waals surface area contributed by atoms with E-state index in [-0.39, 0.29) is 5.75 Å². The summed E-state index contributed by atoms with van der Waals surface area (Å²) in [5, 5.41) is 0.737. The van der Waals surface area contributed by atoms with E-state index in [1.807, 2.05) is 12.1 Å². The summed E-state index contributed by atoms with van der Waals surface area (Å²) in [7, 11) is 1.47. The maximum absolute atomic E-state index is 12.5. The molecule has 1 aromatic carbocycles. The average Bonchev–Trinajstić information content (AvgIpc) is 2.86. The molecule has 0 amide bonds. The fraction of sp³-hybridized carbons (Fsp3) is 0.700. The molecule has 0 saturated carbocycles. The first-order valence-corrected chi connectivity index (χ1v) is 14.1. The highest BCUT2D eigenvalue weighted by Gasteiger charge is 2.17. The maximum atomic E-state index is 12.5. The minimum atomic E-state index is -0.522. The van der Waals surface area contributed by atoms with Crippen molar-refractivity contribution in [2.75, 3.05) is 20.3 Å². The highest BCUT2D eigenvalue weighted by molar-refractivity contribution is 5.86. The van der Waals surface area contributed by atoms with E-state index in [4.69, 9.17) is 18.6 Å². The molecule has 5 heteroatoms. The Labute approximate surface area is 212 Å². The summed E-state index contributed by atoms with van der Waals surface area (Å²) in [5.41, 5.74) is -0.0544. The van der Waals surface area contributed by atoms with Crippen LogP contribution in [0.4, 0.5) is 0 Å². The van der Waals surface area contributed by atoms with E-state index in [2.05, 4.69) is 13.8 Å². The summed E-state index contributed by atoms with van der Waals surface area (Å²) < 4.78 is 22.8. The monoisotopic (exact) mass is 488 g/mol. The zero-order valence-electron chi connectivity index (χ0n) is 22.5. The highest BCUT2D eigenvalue weighted by Crippen LogP contribution is 2.34. The average molecular weight is 489 g/mol. The lowest BCUT2D eigenvalue weighted by molar-refractivity contribution is 0.280. The first kappa shape index (κ1) is 29.1. The second-order valence-electron chi connectivity index (χ2n) is 9.56. The number of ether oxygens (including phenoxy) is 3. The molecule has 0 spiro atoms. The zero-order chi connectivity index (χ0) is 25.1. The van der Waals surface area contributed by atoms with Crippen LogP contribution in [-0.4, -0.2) is 20.3 Å². The van der Waals surface area contributed by atoms with Crippen molar-refractivity contribution in [3.05, 3.63) is 28.6 Å². The highest BCUT2D eigenvalue weighted by atomic mass is 16.5. The minimum Gasteiger partial charge on any atom is -0.493 e. The van der Waals surface area contributed by atoms with Crippen molar-refractivity contribution in [1.82, 2.24) is 0 Å². The Balaban J connectivity index is 1.83. The predicted molar refractivity (Wildman–Crippen MR) is 145 cm³/mol. The topological polar surface area (TPSA) is 57.9 Å². The Morgan fingerprint density at radius 2 is 1.17 bits per heavy atom. The number of methoxy groups -OCH3 is 1. The molecule has 0 aliphatic rings. The molecule has 0 aliphatic carbocycles. The SMILES string of the molecule is CCCCCCCCCCOc1ccc2c(OCCCCCCCCCC)c(OC)c(=O)oc2c1. The molecule has 0 N–H and O–H groups in total. The van der Waals surface area contributed by atoms with Crippen LogP contribution < -0.4 is 19.8 Å². The summed E-state index contributed by atoms with van der Waals surface area (Å²) in [4.78, 5) is 12.5. The third-order valence-corrected chi connectivity index (χ3v) is 6.51. The molecule has 0 atom stereocenters. The lowest BCUT2D eigenvalue weighted by atomic mass is 10.1. The lowest BCUT2D eigenvalue weighted by Crippen LogP contribution is -2.09. The molecular formula is C30H48O5. The Morgan fingerprint density at radius 3 is 1.71 bits per heavy atom. The predicted octanol–water partition coefficient (Wildman–Crippen LogP) is 8.84. The number of hydrogen-bond donors (Lipinski definition) is 0. The van der Waals surface area contributed by atoms with Crippen LogP contribution in [0.2, 0.25) is 0 Å². The standard InChI is InChI=1S/C30H48O5/c1-4-6-8-10-12-14-16-18-22-33-25-20-21-26-27(24-25)35-30(31)29(32-3)28(26)34-23-19-17-15-13-11-9-7-5-2/h20-21,24H,4-19,22-23H2,1-3H3. The van der Waals surface area contributed by atoms with Crippen LogP contribution in [0.5, 0.6) is 17.2 Å². The molecular weight excluding hydrogens is 440 g/mol. The quantitative estimate of drug-likeness (QED) is 0.130. The molecule has 198 valence electrons. The number of unbranched alkanes of at least 4 members (excludes halogenated alkanes) is 14. The minimum absolute atomic E-state index is 0.129. The van der Waals surface area contributed by atoms with Crippen LogP contribution in [-0.2, 0) is 0 Å². The van der Waals surface area contributed by atoms with Gasteiger partial charge in [-0.2, -0.15) is 0 Å². The molecule has 35 heavy (non-hydrogen) atoms. The fourth-order valence-corrected chi connectivity index (χ4v) is 4.38. The van der Waals surface area contributed by atoms with Crippen LogP contribution >= 0.6 is 0 Å². The van der Waals surface area contributed by atoms with E-state index in [1.165, 1.54) is 90.6 Å².